The van der Waals surface area contributed by atoms with Gasteiger partial charge < -0.3 is 10.4 Å². The molecule has 1 atom stereocenters. The Morgan fingerprint density at radius 3 is 2.50 bits per heavy atom. The van der Waals surface area contributed by atoms with Crippen LogP contribution in [-0.4, -0.2) is 41.0 Å². The maximum atomic E-state index is 12.2. The van der Waals surface area contributed by atoms with E-state index >= 15 is 0 Å². The Labute approximate surface area is 138 Å². The number of benzene rings is 1. The average Bonchev–Trinajstić information content (AvgIpc) is 2.44. The van der Waals surface area contributed by atoms with Crippen molar-refractivity contribution in [2.24, 2.45) is 0 Å². The van der Waals surface area contributed by atoms with Crippen molar-refractivity contribution in [1.82, 2.24) is 10.2 Å². The van der Waals surface area contributed by atoms with E-state index in [1.807, 2.05) is 38.1 Å². The molecule has 1 aromatic rings. The fourth-order valence-electron chi connectivity index (χ4n) is 2.17. The van der Waals surface area contributed by atoms with Crippen LogP contribution in [0.15, 0.2) is 24.3 Å². The first-order valence-electron chi connectivity index (χ1n) is 7.23. The normalized spacial score (nSPS) is 11.6. The molecule has 1 aromatic carbocycles. The monoisotopic (exact) mass is 328 g/mol. The van der Waals surface area contributed by atoms with E-state index in [0.29, 0.717) is 13.1 Å². The maximum absolute atomic E-state index is 12.2. The molecule has 124 valence electrons. The number of nitrogens with zero attached hydrogens (tertiary/aromatic N) is 1. The summed E-state index contributed by atoms with van der Waals surface area (Å²) < 4.78 is 0. The maximum Gasteiger partial charge on any atom is 0.317 e. The van der Waals surface area contributed by atoms with Crippen molar-refractivity contribution < 1.29 is 14.7 Å². The Kier molecular flexibility index (Phi) is 9.45. The highest BCUT2D eigenvalue weighted by molar-refractivity contribution is 5.85. The van der Waals surface area contributed by atoms with Crippen LogP contribution in [0.2, 0.25) is 0 Å². The fourth-order valence-corrected chi connectivity index (χ4v) is 2.17. The Hall–Kier alpha value is -1.59. The number of carboxylic acids is 1. The first kappa shape index (κ1) is 20.4. The number of nitrogens with one attached hydrogen (secondary N) is 1. The number of amides is 1. The van der Waals surface area contributed by atoms with Crippen molar-refractivity contribution in [1.29, 1.82) is 0 Å². The third-order valence-electron chi connectivity index (χ3n) is 3.49. The van der Waals surface area contributed by atoms with E-state index in [1.165, 1.54) is 0 Å². The van der Waals surface area contributed by atoms with Crippen LogP contribution >= 0.6 is 12.4 Å². The van der Waals surface area contributed by atoms with Gasteiger partial charge in [-0.1, -0.05) is 31.2 Å². The lowest BCUT2D eigenvalue weighted by Gasteiger charge is -2.26. The highest BCUT2D eigenvalue weighted by Crippen LogP contribution is 2.07. The SMILES string of the molecule is CCCN(CC(=O)O)C(C)C(=O)NCc1ccccc1C.Cl. The van der Waals surface area contributed by atoms with Gasteiger partial charge in [0.1, 0.15) is 0 Å². The fraction of sp³-hybridized carbons (Fsp3) is 0.500. The number of carbonyl (C=O) groups is 2. The number of aryl methyl sites for hydroxylation is 1. The van der Waals surface area contributed by atoms with E-state index in [4.69, 9.17) is 5.11 Å². The molecule has 5 nitrogen and oxygen atoms in total. The smallest absolute Gasteiger partial charge is 0.317 e. The van der Waals surface area contributed by atoms with Crippen LogP contribution in [0.3, 0.4) is 0 Å². The summed E-state index contributed by atoms with van der Waals surface area (Å²) in [6, 6.07) is 7.41. The molecule has 0 saturated carbocycles. The van der Waals surface area contributed by atoms with Crippen LogP contribution < -0.4 is 5.32 Å². The zero-order chi connectivity index (χ0) is 15.8. The summed E-state index contributed by atoms with van der Waals surface area (Å²) in [6.07, 6.45) is 0.808. The number of aliphatic carboxylic acids is 1. The summed E-state index contributed by atoms with van der Waals surface area (Å²) in [4.78, 5) is 24.7. The lowest BCUT2D eigenvalue weighted by molar-refractivity contribution is -0.139. The third kappa shape index (κ3) is 6.45. The second-order valence-corrected chi connectivity index (χ2v) is 5.18. The molecule has 1 rings (SSSR count). The minimum atomic E-state index is -0.915. The topological polar surface area (TPSA) is 69.6 Å². The van der Waals surface area contributed by atoms with E-state index in [0.717, 1.165) is 17.5 Å². The molecule has 1 unspecified atom stereocenters. The standard InChI is InChI=1S/C16H24N2O3.ClH/c1-4-9-18(11-15(19)20)13(3)16(21)17-10-14-8-6-5-7-12(14)2;/h5-8,13H,4,9-11H2,1-3H3,(H,17,21)(H,19,20);1H. The van der Waals surface area contributed by atoms with E-state index in [1.54, 1.807) is 11.8 Å². The van der Waals surface area contributed by atoms with Gasteiger partial charge in [0.05, 0.1) is 12.6 Å². The first-order valence-corrected chi connectivity index (χ1v) is 7.23. The van der Waals surface area contributed by atoms with Gasteiger partial charge in [-0.2, -0.15) is 0 Å². The lowest BCUT2D eigenvalue weighted by atomic mass is 10.1. The molecule has 0 heterocycles. The minimum absolute atomic E-state index is 0. The van der Waals surface area contributed by atoms with Crippen LogP contribution in [0.5, 0.6) is 0 Å². The van der Waals surface area contributed by atoms with E-state index < -0.39 is 12.0 Å². The van der Waals surface area contributed by atoms with Crippen molar-refractivity contribution in [2.45, 2.75) is 39.8 Å². The van der Waals surface area contributed by atoms with Gasteiger partial charge in [-0.25, -0.2) is 0 Å². The van der Waals surface area contributed by atoms with Crippen LogP contribution in [-0.2, 0) is 16.1 Å². The van der Waals surface area contributed by atoms with Crippen molar-refractivity contribution >= 4 is 24.3 Å². The molecule has 0 aliphatic heterocycles. The van der Waals surface area contributed by atoms with Gasteiger partial charge in [-0.3, -0.25) is 14.5 Å². The Morgan fingerprint density at radius 1 is 1.32 bits per heavy atom. The molecule has 0 bridgehead atoms. The van der Waals surface area contributed by atoms with Gasteiger partial charge in [0.15, 0.2) is 0 Å². The molecule has 1 amide bonds. The van der Waals surface area contributed by atoms with E-state index in [2.05, 4.69) is 5.32 Å². The third-order valence-corrected chi connectivity index (χ3v) is 3.49. The predicted molar refractivity (Wildman–Crippen MR) is 89.2 cm³/mol. The zero-order valence-corrected chi connectivity index (χ0v) is 14.2. The molecular formula is C16H25ClN2O3. The molecule has 0 aliphatic rings. The molecule has 0 radical (unpaired) electrons. The highest BCUT2D eigenvalue weighted by Gasteiger charge is 2.22. The molecule has 0 spiro atoms. The molecule has 0 saturated heterocycles. The summed E-state index contributed by atoms with van der Waals surface area (Å²) in [7, 11) is 0. The van der Waals surface area contributed by atoms with Crippen molar-refractivity contribution in [3.8, 4) is 0 Å². The number of carboxylic acid groups (broad SMARTS) is 1. The van der Waals surface area contributed by atoms with Crippen LogP contribution in [0, 0.1) is 6.92 Å². The Balaban J connectivity index is 0.00000441. The quantitative estimate of drug-likeness (QED) is 0.767. The first-order chi connectivity index (χ1) is 9.95. The highest BCUT2D eigenvalue weighted by atomic mass is 35.5. The van der Waals surface area contributed by atoms with Crippen LogP contribution in [0.4, 0.5) is 0 Å². The Morgan fingerprint density at radius 2 is 1.95 bits per heavy atom. The molecule has 6 heteroatoms. The second kappa shape index (κ2) is 10.2. The van der Waals surface area contributed by atoms with Gasteiger partial charge in [0.25, 0.3) is 0 Å². The summed E-state index contributed by atoms with van der Waals surface area (Å²) in [5, 5.41) is 11.8. The van der Waals surface area contributed by atoms with Gasteiger partial charge >= 0.3 is 5.97 Å². The number of rotatable bonds is 8. The molecule has 0 fully saturated rings. The molecular weight excluding hydrogens is 304 g/mol. The average molecular weight is 329 g/mol. The number of hydrogen-bond donors (Lipinski definition) is 2. The number of hydrogen-bond acceptors (Lipinski definition) is 3. The second-order valence-electron chi connectivity index (χ2n) is 5.18. The summed E-state index contributed by atoms with van der Waals surface area (Å²) in [6.45, 7) is 6.64. The summed E-state index contributed by atoms with van der Waals surface area (Å²) in [5.41, 5.74) is 2.19. The lowest BCUT2D eigenvalue weighted by Crippen LogP contribution is -2.47. The zero-order valence-electron chi connectivity index (χ0n) is 13.3. The Bertz CT molecular complexity index is 494. The number of halogens is 1. The van der Waals surface area contributed by atoms with Gasteiger partial charge in [-0.15, -0.1) is 12.4 Å². The summed E-state index contributed by atoms with van der Waals surface area (Å²) >= 11 is 0. The van der Waals surface area contributed by atoms with Gasteiger partial charge in [0, 0.05) is 6.54 Å². The van der Waals surface area contributed by atoms with E-state index in [-0.39, 0.29) is 24.9 Å². The van der Waals surface area contributed by atoms with Crippen molar-refractivity contribution in [3.63, 3.8) is 0 Å². The number of carbonyl (C=O) groups excluding carboxylic acids is 1. The molecule has 2 N–H and O–H groups in total. The predicted octanol–water partition coefficient (Wildman–Crippen LogP) is 2.22. The van der Waals surface area contributed by atoms with E-state index in [9.17, 15) is 9.59 Å². The van der Waals surface area contributed by atoms with Crippen molar-refractivity contribution in [3.05, 3.63) is 35.4 Å². The molecule has 0 aliphatic carbocycles. The van der Waals surface area contributed by atoms with Crippen LogP contribution in [0.1, 0.15) is 31.4 Å². The summed E-state index contributed by atoms with van der Waals surface area (Å²) in [5.74, 6) is -1.06. The minimum Gasteiger partial charge on any atom is -0.480 e. The largest absolute Gasteiger partial charge is 0.480 e. The van der Waals surface area contributed by atoms with Gasteiger partial charge in [-0.05, 0) is 37.9 Å². The van der Waals surface area contributed by atoms with Crippen LogP contribution in [0.25, 0.3) is 0 Å². The molecule has 0 aromatic heterocycles. The van der Waals surface area contributed by atoms with Crippen molar-refractivity contribution in [2.75, 3.05) is 13.1 Å². The molecule has 22 heavy (non-hydrogen) atoms. The van der Waals surface area contributed by atoms with Gasteiger partial charge in [0.2, 0.25) is 5.91 Å².